The summed E-state index contributed by atoms with van der Waals surface area (Å²) in [6, 6.07) is 10.4. The summed E-state index contributed by atoms with van der Waals surface area (Å²) in [5, 5.41) is 16.9. The molecule has 0 saturated carbocycles. The molecule has 0 saturated heterocycles. The Morgan fingerprint density at radius 3 is 2.76 bits per heavy atom. The van der Waals surface area contributed by atoms with E-state index in [1.807, 2.05) is 19.1 Å². The molecule has 0 aliphatic heterocycles. The molecule has 0 N–H and O–H groups in total. The van der Waals surface area contributed by atoms with Crippen molar-refractivity contribution < 1.29 is 0 Å². The molecule has 4 aromatic rings. The predicted molar refractivity (Wildman–Crippen MR) is 106 cm³/mol. The van der Waals surface area contributed by atoms with Gasteiger partial charge in [0.1, 0.15) is 10.8 Å². The highest BCUT2D eigenvalue weighted by molar-refractivity contribution is 7.98. The molecule has 0 bridgehead atoms. The lowest BCUT2D eigenvalue weighted by molar-refractivity contribution is 0.861. The summed E-state index contributed by atoms with van der Waals surface area (Å²) in [5.41, 5.74) is 4.61. The summed E-state index contributed by atoms with van der Waals surface area (Å²) in [4.78, 5) is 4.74. The first-order chi connectivity index (χ1) is 12.2. The van der Waals surface area contributed by atoms with Crippen molar-refractivity contribution in [1.82, 2.24) is 19.7 Å². The summed E-state index contributed by atoms with van der Waals surface area (Å²) >= 11 is 5.06. The number of thioether (sulfide) groups is 1. The average Bonchev–Trinajstić information content (AvgIpc) is 3.34. The van der Waals surface area contributed by atoms with Crippen molar-refractivity contribution in [3.63, 3.8) is 0 Å². The van der Waals surface area contributed by atoms with E-state index in [1.165, 1.54) is 11.1 Å². The van der Waals surface area contributed by atoms with Gasteiger partial charge in [0.25, 0.3) is 0 Å². The molecule has 0 radical (unpaired) electrons. The monoisotopic (exact) mass is 384 g/mol. The number of aryl methyl sites for hydroxylation is 2. The van der Waals surface area contributed by atoms with E-state index in [-0.39, 0.29) is 0 Å². The number of thiophene rings is 1. The smallest absolute Gasteiger partial charge is 0.196 e. The summed E-state index contributed by atoms with van der Waals surface area (Å²) in [6.07, 6.45) is 0. The van der Waals surface area contributed by atoms with Gasteiger partial charge >= 0.3 is 0 Å². The fourth-order valence-corrected chi connectivity index (χ4v) is 5.08. The largest absolute Gasteiger partial charge is 0.274 e. The number of aromatic nitrogens is 4. The van der Waals surface area contributed by atoms with Crippen LogP contribution in [0.15, 0.2) is 51.6 Å². The highest BCUT2D eigenvalue weighted by Crippen LogP contribution is 2.30. The van der Waals surface area contributed by atoms with Crippen LogP contribution in [-0.4, -0.2) is 19.7 Å². The Labute approximate surface area is 158 Å². The van der Waals surface area contributed by atoms with Crippen LogP contribution in [-0.2, 0) is 5.75 Å². The minimum absolute atomic E-state index is 0.782. The van der Waals surface area contributed by atoms with Crippen molar-refractivity contribution in [2.24, 2.45) is 0 Å². The van der Waals surface area contributed by atoms with Crippen LogP contribution in [0.4, 0.5) is 0 Å². The van der Waals surface area contributed by atoms with Gasteiger partial charge in [-0.05, 0) is 36.9 Å². The first-order valence-corrected chi connectivity index (χ1v) is 10.6. The number of rotatable bonds is 5. The van der Waals surface area contributed by atoms with E-state index in [4.69, 9.17) is 4.98 Å². The zero-order chi connectivity index (χ0) is 17.2. The highest BCUT2D eigenvalue weighted by atomic mass is 32.2. The summed E-state index contributed by atoms with van der Waals surface area (Å²) < 4.78 is 2.12. The molecule has 0 unspecified atom stereocenters. The van der Waals surface area contributed by atoms with Crippen LogP contribution in [0.1, 0.15) is 17.1 Å². The predicted octanol–water partition coefficient (Wildman–Crippen LogP) is 5.36. The van der Waals surface area contributed by atoms with Crippen molar-refractivity contribution in [3.05, 3.63) is 63.6 Å². The highest BCUT2D eigenvalue weighted by Gasteiger charge is 2.14. The van der Waals surface area contributed by atoms with Crippen LogP contribution in [0.3, 0.4) is 0 Å². The first-order valence-electron chi connectivity index (χ1n) is 7.80. The second-order valence-corrected chi connectivity index (χ2v) is 8.18. The second kappa shape index (κ2) is 7.11. The van der Waals surface area contributed by atoms with Gasteiger partial charge < -0.3 is 0 Å². The molecule has 0 aliphatic carbocycles. The lowest BCUT2D eigenvalue weighted by Gasteiger charge is -2.10. The average molecular weight is 385 g/mol. The lowest BCUT2D eigenvalue weighted by Crippen LogP contribution is -2.01. The van der Waals surface area contributed by atoms with E-state index in [0.717, 1.165) is 33.1 Å². The van der Waals surface area contributed by atoms with Crippen LogP contribution in [0.25, 0.3) is 16.3 Å². The van der Waals surface area contributed by atoms with E-state index >= 15 is 0 Å². The Morgan fingerprint density at radius 1 is 1.08 bits per heavy atom. The van der Waals surface area contributed by atoms with E-state index in [9.17, 15) is 0 Å². The Morgan fingerprint density at radius 2 is 1.96 bits per heavy atom. The second-order valence-electron chi connectivity index (χ2n) is 5.60. The molecule has 25 heavy (non-hydrogen) atoms. The number of thiazole rings is 1. The molecule has 126 valence electrons. The van der Waals surface area contributed by atoms with Crippen molar-refractivity contribution in [2.45, 2.75) is 24.8 Å². The zero-order valence-corrected chi connectivity index (χ0v) is 16.3. The third-order valence-corrected chi connectivity index (χ3v) is 6.41. The van der Waals surface area contributed by atoms with Crippen molar-refractivity contribution in [3.8, 4) is 16.3 Å². The van der Waals surface area contributed by atoms with Gasteiger partial charge in [-0.15, -0.1) is 21.5 Å². The van der Waals surface area contributed by atoms with Gasteiger partial charge in [-0.25, -0.2) is 4.98 Å². The van der Waals surface area contributed by atoms with E-state index < -0.39 is 0 Å². The van der Waals surface area contributed by atoms with Gasteiger partial charge in [-0.3, -0.25) is 4.57 Å². The Hall–Kier alpha value is -1.96. The van der Waals surface area contributed by atoms with Gasteiger partial charge in [0, 0.05) is 22.1 Å². The number of para-hydroxylation sites is 1. The molecular formula is C18H16N4S3. The molecule has 4 nitrogen and oxygen atoms in total. The molecule has 3 aromatic heterocycles. The number of hydrogen-bond acceptors (Lipinski definition) is 6. The summed E-state index contributed by atoms with van der Waals surface area (Å²) in [5.74, 6) is 1.68. The topological polar surface area (TPSA) is 43.6 Å². The maximum absolute atomic E-state index is 4.74. The Balaban J connectivity index is 1.56. The summed E-state index contributed by atoms with van der Waals surface area (Å²) in [7, 11) is 0. The number of hydrogen-bond donors (Lipinski definition) is 0. The lowest BCUT2D eigenvalue weighted by atomic mass is 10.2. The Bertz CT molecular complexity index is 986. The van der Waals surface area contributed by atoms with Crippen LogP contribution in [0, 0.1) is 13.8 Å². The van der Waals surface area contributed by atoms with Crippen LogP contribution in [0.2, 0.25) is 0 Å². The molecule has 3 heterocycles. The van der Waals surface area contributed by atoms with Crippen molar-refractivity contribution in [2.75, 3.05) is 0 Å². The minimum Gasteiger partial charge on any atom is -0.274 e. The zero-order valence-electron chi connectivity index (χ0n) is 13.8. The Kier molecular flexibility index (Phi) is 4.70. The van der Waals surface area contributed by atoms with Gasteiger partial charge in [0.2, 0.25) is 0 Å². The molecule has 4 rings (SSSR count). The quantitative estimate of drug-likeness (QED) is 0.434. The molecule has 0 atom stereocenters. The first kappa shape index (κ1) is 16.5. The minimum atomic E-state index is 0.782. The number of nitrogens with zero attached hydrogens (tertiary/aromatic N) is 4. The van der Waals surface area contributed by atoms with Crippen LogP contribution >= 0.6 is 34.4 Å². The molecular weight excluding hydrogens is 368 g/mol. The maximum atomic E-state index is 4.74. The van der Waals surface area contributed by atoms with Gasteiger partial charge in [-0.1, -0.05) is 30.0 Å². The van der Waals surface area contributed by atoms with Gasteiger partial charge in [-0.2, -0.15) is 11.3 Å². The van der Waals surface area contributed by atoms with Crippen molar-refractivity contribution in [1.29, 1.82) is 0 Å². The third-order valence-electron chi connectivity index (χ3n) is 3.82. The van der Waals surface area contributed by atoms with E-state index in [1.54, 1.807) is 34.4 Å². The normalized spacial score (nSPS) is 11.1. The number of benzene rings is 1. The summed E-state index contributed by atoms with van der Waals surface area (Å²) in [6.45, 7) is 4.10. The fraction of sp³-hybridized carbons (Fsp3) is 0.167. The maximum Gasteiger partial charge on any atom is 0.196 e. The molecule has 0 spiro atoms. The molecule has 0 fully saturated rings. The van der Waals surface area contributed by atoms with E-state index in [2.05, 4.69) is 56.0 Å². The third kappa shape index (κ3) is 3.40. The molecule has 0 amide bonds. The van der Waals surface area contributed by atoms with Crippen molar-refractivity contribution >= 4 is 34.4 Å². The molecule has 0 aliphatic rings. The van der Waals surface area contributed by atoms with Gasteiger partial charge in [0.15, 0.2) is 5.16 Å². The molecule has 7 heteroatoms. The van der Waals surface area contributed by atoms with Gasteiger partial charge in [0.05, 0.1) is 11.4 Å². The fourth-order valence-electron chi connectivity index (χ4n) is 2.56. The van der Waals surface area contributed by atoms with Crippen LogP contribution in [0.5, 0.6) is 0 Å². The molecule has 1 aromatic carbocycles. The van der Waals surface area contributed by atoms with Crippen LogP contribution < -0.4 is 0 Å². The SMILES string of the molecule is Cc1ccccc1-n1c(C)nnc1SCc1csc(-c2ccsc2)n1. The van der Waals surface area contributed by atoms with E-state index in [0.29, 0.717) is 0 Å². The standard InChI is InChI=1S/C18H16N4S3/c1-12-5-3-4-6-16(12)22-13(2)20-21-18(22)25-11-15-10-24-17(19-15)14-7-8-23-9-14/h3-10H,11H2,1-2H3.